The van der Waals surface area contributed by atoms with Gasteiger partial charge in [-0.1, -0.05) is 30.7 Å². The Morgan fingerprint density at radius 1 is 1.20 bits per heavy atom. The fraction of sp³-hybridized carbons (Fsp3) is 0.455. The van der Waals surface area contributed by atoms with E-state index in [-0.39, 0.29) is 0 Å². The summed E-state index contributed by atoms with van der Waals surface area (Å²) >= 11 is 11.9. The summed E-state index contributed by atoms with van der Waals surface area (Å²) < 4.78 is 5.88. The minimum atomic E-state index is -1.25. The predicted molar refractivity (Wildman–Crippen MR) is 67.7 cm³/mol. The zero-order valence-electron chi connectivity index (χ0n) is 8.46. The van der Waals surface area contributed by atoms with Crippen molar-refractivity contribution in [2.24, 2.45) is 0 Å². The van der Waals surface area contributed by atoms with Gasteiger partial charge in [0, 0.05) is 6.61 Å². The van der Waals surface area contributed by atoms with Gasteiger partial charge in [0.15, 0.2) is 0 Å². The normalized spacial score (nSPS) is 21.9. The molecule has 1 nitrogen and oxygen atoms in total. The number of hydrogen-bond acceptors (Lipinski definition) is 1. The highest BCUT2D eigenvalue weighted by atomic mass is 35.5. The van der Waals surface area contributed by atoms with E-state index in [0.717, 1.165) is 12.2 Å². The molecular weight excluding hydrogens is 247 g/mol. The molecule has 1 atom stereocenters. The highest BCUT2D eigenvalue weighted by molar-refractivity contribution is 6.68. The Kier molecular flexibility index (Phi) is 4.09. The smallest absolute Gasteiger partial charge is 0.208 e. The van der Waals surface area contributed by atoms with Crippen LogP contribution in [-0.4, -0.2) is 15.6 Å². The Morgan fingerprint density at radius 2 is 2.00 bits per heavy atom. The average molecular weight is 261 g/mol. The third-order valence-corrected chi connectivity index (χ3v) is 6.02. The van der Waals surface area contributed by atoms with Crippen LogP contribution < -0.4 is 5.19 Å². The van der Waals surface area contributed by atoms with Crippen molar-refractivity contribution in [3.63, 3.8) is 0 Å². The van der Waals surface area contributed by atoms with Gasteiger partial charge in [-0.2, -0.15) is 0 Å². The lowest BCUT2D eigenvalue weighted by atomic mass is 10.2. The van der Waals surface area contributed by atoms with Crippen molar-refractivity contribution in [2.45, 2.75) is 23.7 Å². The summed E-state index contributed by atoms with van der Waals surface area (Å²) in [6.45, 7) is 0.903. The molecule has 0 aromatic heterocycles. The summed E-state index contributed by atoms with van der Waals surface area (Å²) in [6, 6.07) is 9.35. The minimum absolute atomic E-state index is 0.431. The molecule has 1 aromatic carbocycles. The highest BCUT2D eigenvalue weighted by Crippen LogP contribution is 2.24. The van der Waals surface area contributed by atoms with Crippen molar-refractivity contribution in [1.82, 2.24) is 0 Å². The molecule has 1 heterocycles. The quantitative estimate of drug-likeness (QED) is 0.587. The van der Waals surface area contributed by atoms with Gasteiger partial charge < -0.3 is 4.43 Å². The van der Waals surface area contributed by atoms with Gasteiger partial charge in [0.2, 0.25) is 9.04 Å². The molecule has 2 rings (SSSR count). The number of benzene rings is 1. The second-order valence-corrected chi connectivity index (χ2v) is 7.39. The second kappa shape index (κ2) is 5.35. The van der Waals surface area contributed by atoms with Gasteiger partial charge in [-0.25, -0.2) is 0 Å². The monoisotopic (exact) mass is 260 g/mol. The molecule has 0 bridgehead atoms. The van der Waals surface area contributed by atoms with Crippen LogP contribution in [0.15, 0.2) is 24.3 Å². The number of hydrogen-bond donors (Lipinski definition) is 0. The zero-order chi connectivity index (χ0) is 10.7. The Morgan fingerprint density at radius 3 is 2.67 bits per heavy atom. The van der Waals surface area contributed by atoms with Crippen molar-refractivity contribution in [2.75, 3.05) is 6.61 Å². The Bertz CT molecular complexity index is 324. The van der Waals surface area contributed by atoms with E-state index in [1.54, 1.807) is 0 Å². The fourth-order valence-electron chi connectivity index (χ4n) is 1.99. The second-order valence-electron chi connectivity index (χ2n) is 3.78. The van der Waals surface area contributed by atoms with Gasteiger partial charge >= 0.3 is 0 Å². The van der Waals surface area contributed by atoms with Crippen molar-refractivity contribution < 1.29 is 4.43 Å². The van der Waals surface area contributed by atoms with Crippen LogP contribution in [-0.2, 0) is 4.43 Å². The third kappa shape index (κ3) is 2.75. The van der Waals surface area contributed by atoms with E-state index in [4.69, 9.17) is 27.6 Å². The maximum absolute atomic E-state index is 5.96. The first-order chi connectivity index (χ1) is 7.29. The van der Waals surface area contributed by atoms with E-state index >= 15 is 0 Å². The molecule has 1 aliphatic rings. The maximum atomic E-state index is 5.96. The molecule has 0 N–H and O–H groups in total. The van der Waals surface area contributed by atoms with Crippen molar-refractivity contribution >= 4 is 37.4 Å². The van der Waals surface area contributed by atoms with Crippen molar-refractivity contribution in [3.8, 4) is 0 Å². The van der Waals surface area contributed by atoms with Crippen LogP contribution in [0.2, 0.25) is 6.04 Å². The molecule has 82 valence electrons. The molecule has 1 unspecified atom stereocenters. The first kappa shape index (κ1) is 11.5. The molecule has 0 spiro atoms. The standard InChI is InChI=1S/C11H14Cl2OSi/c12-11(13)9-5-1-2-6-10(9)15-8-4-3-7-14-15/h1-2,5-6,11,15H,3-4,7-8H2. The Balaban J connectivity index is 2.25. The fourth-order valence-corrected chi connectivity index (χ4v) is 5.33. The summed E-state index contributed by atoms with van der Waals surface area (Å²) in [5.74, 6) is 0. The zero-order valence-corrected chi connectivity index (χ0v) is 11.1. The van der Waals surface area contributed by atoms with Gasteiger partial charge in [0.1, 0.15) is 4.84 Å². The van der Waals surface area contributed by atoms with Gasteiger partial charge in [0.25, 0.3) is 0 Å². The van der Waals surface area contributed by atoms with Crippen LogP contribution in [0.4, 0.5) is 0 Å². The van der Waals surface area contributed by atoms with Gasteiger partial charge in [-0.15, -0.1) is 23.2 Å². The van der Waals surface area contributed by atoms with Gasteiger partial charge in [-0.05, 0) is 23.2 Å². The lowest BCUT2D eigenvalue weighted by Crippen LogP contribution is -2.38. The van der Waals surface area contributed by atoms with E-state index < -0.39 is 13.9 Å². The molecule has 1 fully saturated rings. The lowest BCUT2D eigenvalue weighted by Gasteiger charge is -2.23. The van der Waals surface area contributed by atoms with E-state index in [9.17, 15) is 0 Å². The molecular formula is C11H14Cl2OSi. The van der Waals surface area contributed by atoms with E-state index in [1.165, 1.54) is 24.1 Å². The highest BCUT2D eigenvalue weighted by Gasteiger charge is 2.22. The van der Waals surface area contributed by atoms with Gasteiger partial charge in [0.05, 0.1) is 0 Å². The maximum Gasteiger partial charge on any atom is 0.208 e. The minimum Gasteiger partial charge on any atom is -0.415 e. The molecule has 0 amide bonds. The SMILES string of the molecule is ClC(Cl)c1ccccc1[SiH]1CCCCO1. The number of rotatable bonds is 2. The van der Waals surface area contributed by atoms with Crippen LogP contribution in [0, 0.1) is 0 Å². The van der Waals surface area contributed by atoms with Crippen LogP contribution in [0.3, 0.4) is 0 Å². The molecule has 0 saturated carbocycles. The molecule has 1 aliphatic heterocycles. The first-order valence-corrected chi connectivity index (χ1v) is 8.01. The topological polar surface area (TPSA) is 9.23 Å². The van der Waals surface area contributed by atoms with Crippen LogP contribution in [0.5, 0.6) is 0 Å². The summed E-state index contributed by atoms with van der Waals surface area (Å²) in [6.07, 6.45) is 2.47. The number of alkyl halides is 2. The van der Waals surface area contributed by atoms with E-state index in [1.807, 2.05) is 18.2 Å². The number of halogens is 2. The van der Waals surface area contributed by atoms with E-state index in [0.29, 0.717) is 0 Å². The molecule has 1 aromatic rings. The molecule has 4 heteroatoms. The van der Waals surface area contributed by atoms with Crippen molar-refractivity contribution in [3.05, 3.63) is 29.8 Å². The molecule has 15 heavy (non-hydrogen) atoms. The summed E-state index contributed by atoms with van der Waals surface area (Å²) in [5, 5.41) is 1.28. The summed E-state index contributed by atoms with van der Waals surface area (Å²) in [4.78, 5) is -0.431. The third-order valence-electron chi connectivity index (χ3n) is 2.76. The predicted octanol–water partition coefficient (Wildman–Crippen LogP) is 2.90. The summed E-state index contributed by atoms with van der Waals surface area (Å²) in [5.41, 5.74) is 1.04. The molecule has 0 radical (unpaired) electrons. The van der Waals surface area contributed by atoms with Gasteiger partial charge in [-0.3, -0.25) is 0 Å². The Hall–Kier alpha value is -0.0231. The van der Waals surface area contributed by atoms with Crippen LogP contribution in [0.25, 0.3) is 0 Å². The average Bonchev–Trinajstić information content (AvgIpc) is 2.30. The first-order valence-electron chi connectivity index (χ1n) is 5.27. The van der Waals surface area contributed by atoms with Crippen molar-refractivity contribution in [1.29, 1.82) is 0 Å². The van der Waals surface area contributed by atoms with E-state index in [2.05, 4.69) is 6.07 Å². The molecule has 1 saturated heterocycles. The van der Waals surface area contributed by atoms with Crippen LogP contribution >= 0.6 is 23.2 Å². The summed E-state index contributed by atoms with van der Waals surface area (Å²) in [7, 11) is -1.25. The Labute approximate surface area is 102 Å². The molecule has 0 aliphatic carbocycles. The van der Waals surface area contributed by atoms with Crippen LogP contribution in [0.1, 0.15) is 23.2 Å². The lowest BCUT2D eigenvalue weighted by molar-refractivity contribution is 0.294. The largest absolute Gasteiger partial charge is 0.415 e.